The van der Waals surface area contributed by atoms with Crippen molar-refractivity contribution in [1.82, 2.24) is 5.32 Å². The van der Waals surface area contributed by atoms with E-state index in [9.17, 15) is 9.59 Å². The van der Waals surface area contributed by atoms with Crippen LogP contribution in [0.15, 0.2) is 71.9 Å². The van der Waals surface area contributed by atoms with E-state index >= 15 is 0 Å². The molecule has 2 aromatic carbocycles. The van der Waals surface area contributed by atoms with E-state index in [1.165, 1.54) is 0 Å². The molecule has 0 spiro atoms. The molecule has 0 unspecified atom stereocenters. The molecule has 0 radical (unpaired) electrons. The minimum atomic E-state index is -0.112. The molecule has 3 heteroatoms. The first-order chi connectivity index (χ1) is 11.7. The molecule has 0 bridgehead atoms. The van der Waals surface area contributed by atoms with Crippen LogP contribution in [-0.4, -0.2) is 11.7 Å². The van der Waals surface area contributed by atoms with Crippen LogP contribution < -0.4 is 5.32 Å². The maximum absolute atomic E-state index is 12.9. The number of carbonyl (C=O) groups is 2. The third-order valence-corrected chi connectivity index (χ3v) is 5.01. The normalized spacial score (nSPS) is 23.7. The number of hydrogen-bond donors (Lipinski definition) is 1. The van der Waals surface area contributed by atoms with Crippen LogP contribution in [0.4, 0.5) is 0 Å². The monoisotopic (exact) mass is 317 g/mol. The molecule has 3 nitrogen and oxygen atoms in total. The highest BCUT2D eigenvalue weighted by Gasteiger charge is 2.37. The lowest BCUT2D eigenvalue weighted by Gasteiger charge is -2.34. The van der Waals surface area contributed by atoms with Gasteiger partial charge in [-0.3, -0.25) is 9.59 Å². The van der Waals surface area contributed by atoms with Gasteiger partial charge in [0.2, 0.25) is 5.91 Å². The van der Waals surface area contributed by atoms with Crippen LogP contribution >= 0.6 is 0 Å². The molecule has 2 atom stereocenters. The Morgan fingerprint density at radius 3 is 2.04 bits per heavy atom. The number of benzene rings is 2. The van der Waals surface area contributed by atoms with E-state index in [2.05, 4.69) is 17.4 Å². The highest BCUT2D eigenvalue weighted by atomic mass is 16.2. The van der Waals surface area contributed by atoms with Gasteiger partial charge in [0.05, 0.1) is 0 Å². The second kappa shape index (κ2) is 6.08. The van der Waals surface area contributed by atoms with Crippen LogP contribution in [0.3, 0.4) is 0 Å². The molecule has 1 aliphatic heterocycles. The summed E-state index contributed by atoms with van der Waals surface area (Å²) < 4.78 is 0. The number of carbonyl (C=O) groups excluding carboxylic acids is 2. The van der Waals surface area contributed by atoms with Crippen LogP contribution in [0.1, 0.15) is 42.2 Å². The van der Waals surface area contributed by atoms with Gasteiger partial charge < -0.3 is 5.32 Å². The first kappa shape index (κ1) is 14.9. The van der Waals surface area contributed by atoms with Crippen molar-refractivity contribution in [2.75, 3.05) is 0 Å². The Kier molecular flexibility index (Phi) is 3.77. The van der Waals surface area contributed by atoms with Gasteiger partial charge in [-0.15, -0.1) is 0 Å². The summed E-state index contributed by atoms with van der Waals surface area (Å²) >= 11 is 0. The Hall–Kier alpha value is -2.68. The van der Waals surface area contributed by atoms with Crippen molar-refractivity contribution in [2.24, 2.45) is 0 Å². The first-order valence-electron chi connectivity index (χ1n) is 8.38. The number of ketones is 1. The molecule has 0 aromatic heterocycles. The van der Waals surface area contributed by atoms with Crippen LogP contribution in [-0.2, 0) is 9.59 Å². The predicted octanol–water partition coefficient (Wildman–Crippen LogP) is 3.69. The van der Waals surface area contributed by atoms with Gasteiger partial charge in [0.15, 0.2) is 5.78 Å². The van der Waals surface area contributed by atoms with Gasteiger partial charge in [-0.05, 0) is 23.5 Å². The zero-order valence-electron chi connectivity index (χ0n) is 13.4. The number of Topliss-reactive ketones (excluding diaryl/α,β-unsaturated/α-hetero) is 1. The summed E-state index contributed by atoms with van der Waals surface area (Å²) in [5.41, 5.74) is 3.85. The molecule has 2 aliphatic rings. The lowest BCUT2D eigenvalue weighted by Crippen LogP contribution is -2.38. The van der Waals surface area contributed by atoms with Crippen molar-refractivity contribution in [3.63, 3.8) is 0 Å². The Morgan fingerprint density at radius 1 is 0.750 bits per heavy atom. The average molecular weight is 317 g/mol. The van der Waals surface area contributed by atoms with Gasteiger partial charge in [-0.1, -0.05) is 60.7 Å². The first-order valence-corrected chi connectivity index (χ1v) is 8.38. The lowest BCUT2D eigenvalue weighted by molar-refractivity contribution is -0.122. The van der Waals surface area contributed by atoms with E-state index in [1.807, 2.05) is 48.5 Å². The number of amides is 1. The fourth-order valence-corrected chi connectivity index (χ4v) is 3.89. The quantitative estimate of drug-likeness (QED) is 0.918. The van der Waals surface area contributed by atoms with Crippen molar-refractivity contribution in [2.45, 2.75) is 31.1 Å². The molecule has 0 saturated heterocycles. The standard InChI is InChI=1S/C21H19NO2/c23-19-12-16(14-7-3-1-4-8-14)11-18-21(19)17(13-20(24)22-18)15-9-5-2-6-10-15/h1-10,16-17H,11-13H2,(H,22,24)/t16-,17+/m1/s1. The van der Waals surface area contributed by atoms with E-state index in [4.69, 9.17) is 0 Å². The van der Waals surface area contributed by atoms with Gasteiger partial charge in [0.25, 0.3) is 0 Å². The molecule has 120 valence electrons. The number of allylic oxidation sites excluding steroid dienone is 2. The Labute approximate surface area is 141 Å². The number of hydrogen-bond acceptors (Lipinski definition) is 2. The summed E-state index contributed by atoms with van der Waals surface area (Å²) in [7, 11) is 0. The fourth-order valence-electron chi connectivity index (χ4n) is 3.89. The average Bonchev–Trinajstić information content (AvgIpc) is 2.62. The maximum Gasteiger partial charge on any atom is 0.225 e. The largest absolute Gasteiger partial charge is 0.329 e. The summed E-state index contributed by atoms with van der Waals surface area (Å²) in [6.07, 6.45) is 1.59. The molecule has 1 amide bonds. The van der Waals surface area contributed by atoms with Crippen molar-refractivity contribution in [1.29, 1.82) is 0 Å². The van der Waals surface area contributed by atoms with Gasteiger partial charge in [-0.2, -0.15) is 0 Å². The van der Waals surface area contributed by atoms with Gasteiger partial charge >= 0.3 is 0 Å². The van der Waals surface area contributed by atoms with Gasteiger partial charge in [-0.25, -0.2) is 0 Å². The highest BCUT2D eigenvalue weighted by molar-refractivity contribution is 6.02. The van der Waals surface area contributed by atoms with Crippen LogP contribution in [0.2, 0.25) is 0 Å². The zero-order valence-corrected chi connectivity index (χ0v) is 13.4. The molecule has 1 aliphatic carbocycles. The minimum Gasteiger partial charge on any atom is -0.329 e. The third-order valence-electron chi connectivity index (χ3n) is 5.01. The van der Waals surface area contributed by atoms with Crippen LogP contribution in [0, 0.1) is 0 Å². The van der Waals surface area contributed by atoms with E-state index in [1.54, 1.807) is 0 Å². The topological polar surface area (TPSA) is 46.2 Å². The molecule has 4 rings (SSSR count). The fraction of sp³-hybridized carbons (Fsp3) is 0.238. The second-order valence-electron chi connectivity index (χ2n) is 6.55. The number of rotatable bonds is 2. The second-order valence-corrected chi connectivity index (χ2v) is 6.55. The van der Waals surface area contributed by atoms with Crippen LogP contribution in [0.5, 0.6) is 0 Å². The Morgan fingerprint density at radius 2 is 1.38 bits per heavy atom. The van der Waals surface area contributed by atoms with E-state index in [0.717, 1.165) is 28.8 Å². The summed E-state index contributed by atoms with van der Waals surface area (Å²) in [6.45, 7) is 0. The van der Waals surface area contributed by atoms with Gasteiger partial charge in [0.1, 0.15) is 0 Å². The Bertz CT molecular complexity index is 808. The molecular weight excluding hydrogens is 298 g/mol. The predicted molar refractivity (Wildman–Crippen MR) is 92.4 cm³/mol. The molecule has 1 heterocycles. The molecule has 24 heavy (non-hydrogen) atoms. The summed E-state index contributed by atoms with van der Waals surface area (Å²) in [5.74, 6) is 0.203. The molecule has 0 fully saturated rings. The molecule has 0 saturated carbocycles. The Balaban J connectivity index is 1.72. The SMILES string of the molecule is O=C1C[C@@H](c2ccccc2)C2=C(C[C@@H](c3ccccc3)CC2=O)N1. The summed E-state index contributed by atoms with van der Waals surface area (Å²) in [5, 5.41) is 2.97. The van der Waals surface area contributed by atoms with Crippen molar-refractivity contribution in [3.05, 3.63) is 83.1 Å². The third kappa shape index (κ3) is 2.67. The molecule has 2 aromatic rings. The highest BCUT2D eigenvalue weighted by Crippen LogP contribution is 2.42. The van der Waals surface area contributed by atoms with E-state index < -0.39 is 0 Å². The van der Waals surface area contributed by atoms with Crippen molar-refractivity contribution >= 4 is 11.7 Å². The minimum absolute atomic E-state index is 0.00381. The van der Waals surface area contributed by atoms with E-state index in [-0.39, 0.29) is 23.5 Å². The zero-order chi connectivity index (χ0) is 16.5. The molecule has 1 N–H and O–H groups in total. The summed E-state index contributed by atoms with van der Waals surface area (Å²) in [4.78, 5) is 25.1. The maximum atomic E-state index is 12.9. The van der Waals surface area contributed by atoms with Gasteiger partial charge in [0, 0.05) is 30.0 Å². The number of nitrogens with one attached hydrogen (secondary N) is 1. The summed E-state index contributed by atoms with van der Waals surface area (Å²) in [6, 6.07) is 20.0. The molecular formula is C21H19NO2. The van der Waals surface area contributed by atoms with Crippen LogP contribution in [0.25, 0.3) is 0 Å². The van der Waals surface area contributed by atoms with Crippen molar-refractivity contribution < 1.29 is 9.59 Å². The lowest BCUT2D eigenvalue weighted by atomic mass is 9.73. The van der Waals surface area contributed by atoms with E-state index in [0.29, 0.717) is 12.8 Å². The smallest absolute Gasteiger partial charge is 0.225 e. The van der Waals surface area contributed by atoms with Crippen molar-refractivity contribution in [3.8, 4) is 0 Å².